The summed E-state index contributed by atoms with van der Waals surface area (Å²) in [6, 6.07) is 8.28. The number of carbonyl (C=O) groups is 1. The maximum Gasteiger partial charge on any atom is 0.412 e. The minimum absolute atomic E-state index is 0.155. The van der Waals surface area contributed by atoms with Crippen molar-refractivity contribution in [3.05, 3.63) is 29.8 Å². The highest BCUT2D eigenvalue weighted by molar-refractivity contribution is 5.86. The average Bonchev–Trinajstić information content (AvgIpc) is 2.50. The molecule has 1 aromatic rings. The van der Waals surface area contributed by atoms with Crippen molar-refractivity contribution in [3.8, 4) is 0 Å². The number of anilines is 1. The lowest BCUT2D eigenvalue weighted by atomic mass is 9.94. The van der Waals surface area contributed by atoms with Gasteiger partial charge in [0.15, 0.2) is 0 Å². The van der Waals surface area contributed by atoms with Crippen LogP contribution in [0.4, 0.5) is 10.5 Å². The SMILES string of the molecule is CCCCCc1ccc(N(C(=O)O)C2CCCCC2)cc1. The summed E-state index contributed by atoms with van der Waals surface area (Å²) in [7, 11) is 0. The van der Waals surface area contributed by atoms with Gasteiger partial charge in [-0.15, -0.1) is 0 Å². The lowest BCUT2D eigenvalue weighted by Gasteiger charge is -2.32. The van der Waals surface area contributed by atoms with Crippen LogP contribution in [0.15, 0.2) is 24.3 Å². The predicted octanol–water partition coefficient (Wildman–Crippen LogP) is 5.24. The van der Waals surface area contributed by atoms with E-state index < -0.39 is 6.09 Å². The third-order valence-corrected chi connectivity index (χ3v) is 4.43. The van der Waals surface area contributed by atoms with Crippen molar-refractivity contribution >= 4 is 11.8 Å². The molecule has 1 amide bonds. The third kappa shape index (κ3) is 4.48. The Balaban J connectivity index is 2.04. The normalized spacial score (nSPS) is 15.9. The Morgan fingerprint density at radius 2 is 1.81 bits per heavy atom. The number of aryl methyl sites for hydroxylation is 1. The summed E-state index contributed by atoms with van der Waals surface area (Å²) in [6.07, 6.45) is 9.46. The lowest BCUT2D eigenvalue weighted by molar-refractivity contribution is 0.196. The van der Waals surface area contributed by atoms with E-state index in [9.17, 15) is 9.90 Å². The molecule has 1 saturated carbocycles. The number of rotatable bonds is 6. The largest absolute Gasteiger partial charge is 0.465 e. The Bertz CT molecular complexity index is 435. The summed E-state index contributed by atoms with van der Waals surface area (Å²) in [4.78, 5) is 13.2. The van der Waals surface area contributed by atoms with E-state index in [1.165, 1.54) is 31.2 Å². The average molecular weight is 289 g/mol. The van der Waals surface area contributed by atoms with E-state index in [4.69, 9.17) is 0 Å². The standard InChI is InChI=1S/C18H27NO2/c1-2-3-5-8-15-11-13-17(14-12-15)19(18(20)21)16-9-6-4-7-10-16/h11-14,16H,2-10H2,1H3,(H,20,21). The van der Waals surface area contributed by atoms with Crippen molar-refractivity contribution in [1.82, 2.24) is 0 Å². The fourth-order valence-electron chi connectivity index (χ4n) is 3.22. The van der Waals surface area contributed by atoms with Crippen molar-refractivity contribution < 1.29 is 9.90 Å². The van der Waals surface area contributed by atoms with Crippen molar-refractivity contribution in [1.29, 1.82) is 0 Å². The van der Waals surface area contributed by atoms with Gasteiger partial charge in [0.2, 0.25) is 0 Å². The van der Waals surface area contributed by atoms with Gasteiger partial charge in [-0.25, -0.2) is 4.79 Å². The van der Waals surface area contributed by atoms with Gasteiger partial charge >= 0.3 is 6.09 Å². The van der Waals surface area contributed by atoms with Gasteiger partial charge in [0.05, 0.1) is 0 Å². The van der Waals surface area contributed by atoms with Crippen LogP contribution in [0.1, 0.15) is 63.9 Å². The van der Waals surface area contributed by atoms with E-state index in [1.54, 1.807) is 4.90 Å². The molecular weight excluding hydrogens is 262 g/mol. The molecule has 1 aliphatic carbocycles. The first-order valence-corrected chi connectivity index (χ1v) is 8.33. The number of hydrogen-bond acceptors (Lipinski definition) is 1. The summed E-state index contributed by atoms with van der Waals surface area (Å²) < 4.78 is 0. The van der Waals surface area contributed by atoms with Crippen LogP contribution in [-0.4, -0.2) is 17.2 Å². The van der Waals surface area contributed by atoms with Crippen molar-refractivity contribution in [3.63, 3.8) is 0 Å². The van der Waals surface area contributed by atoms with Crippen molar-refractivity contribution in [2.75, 3.05) is 4.90 Å². The molecule has 0 bridgehead atoms. The highest BCUT2D eigenvalue weighted by Crippen LogP contribution is 2.28. The summed E-state index contributed by atoms with van der Waals surface area (Å²) in [5.74, 6) is 0. The highest BCUT2D eigenvalue weighted by Gasteiger charge is 2.26. The molecule has 0 heterocycles. The molecule has 0 saturated heterocycles. The summed E-state index contributed by atoms with van der Waals surface area (Å²) in [5.41, 5.74) is 2.13. The van der Waals surface area contributed by atoms with E-state index in [2.05, 4.69) is 19.1 Å². The zero-order valence-electron chi connectivity index (χ0n) is 13.1. The van der Waals surface area contributed by atoms with E-state index in [-0.39, 0.29) is 6.04 Å². The van der Waals surface area contributed by atoms with Crippen LogP contribution in [0.25, 0.3) is 0 Å². The Morgan fingerprint density at radius 1 is 1.14 bits per heavy atom. The molecule has 0 atom stereocenters. The molecule has 0 unspecified atom stereocenters. The smallest absolute Gasteiger partial charge is 0.412 e. The monoisotopic (exact) mass is 289 g/mol. The zero-order chi connectivity index (χ0) is 15.1. The molecule has 1 aromatic carbocycles. The quantitative estimate of drug-likeness (QED) is 0.728. The first-order chi connectivity index (χ1) is 10.2. The van der Waals surface area contributed by atoms with E-state index >= 15 is 0 Å². The molecule has 0 spiro atoms. The highest BCUT2D eigenvalue weighted by atomic mass is 16.4. The van der Waals surface area contributed by atoms with Crippen molar-refractivity contribution in [2.45, 2.75) is 70.8 Å². The Kier molecular flexibility index (Phi) is 6.09. The second-order valence-corrected chi connectivity index (χ2v) is 6.07. The van der Waals surface area contributed by atoms with Crippen LogP contribution in [0, 0.1) is 0 Å². The van der Waals surface area contributed by atoms with Gasteiger partial charge < -0.3 is 5.11 Å². The maximum absolute atomic E-state index is 11.6. The number of nitrogens with zero attached hydrogens (tertiary/aromatic N) is 1. The van der Waals surface area contributed by atoms with E-state index in [0.717, 1.165) is 37.8 Å². The molecule has 0 aromatic heterocycles. The second kappa shape index (κ2) is 8.06. The fraction of sp³-hybridized carbons (Fsp3) is 0.611. The summed E-state index contributed by atoms with van der Waals surface area (Å²) >= 11 is 0. The van der Waals surface area contributed by atoms with Crippen LogP contribution >= 0.6 is 0 Å². The van der Waals surface area contributed by atoms with Gasteiger partial charge in [-0.2, -0.15) is 0 Å². The number of hydrogen-bond donors (Lipinski definition) is 1. The molecule has 3 nitrogen and oxygen atoms in total. The molecule has 116 valence electrons. The van der Waals surface area contributed by atoms with Crippen LogP contribution in [-0.2, 0) is 6.42 Å². The maximum atomic E-state index is 11.6. The van der Waals surface area contributed by atoms with Gasteiger partial charge in [-0.05, 0) is 43.4 Å². The summed E-state index contributed by atoms with van der Waals surface area (Å²) in [5, 5.41) is 9.55. The van der Waals surface area contributed by atoms with E-state index in [0.29, 0.717) is 0 Å². The van der Waals surface area contributed by atoms with Gasteiger partial charge in [0, 0.05) is 11.7 Å². The Morgan fingerprint density at radius 3 is 2.38 bits per heavy atom. The Hall–Kier alpha value is -1.51. The second-order valence-electron chi connectivity index (χ2n) is 6.07. The number of unbranched alkanes of at least 4 members (excludes halogenated alkanes) is 2. The topological polar surface area (TPSA) is 40.5 Å². The van der Waals surface area contributed by atoms with Crippen LogP contribution in [0.5, 0.6) is 0 Å². The van der Waals surface area contributed by atoms with Gasteiger partial charge in [-0.1, -0.05) is 51.2 Å². The molecule has 2 rings (SSSR count). The number of amides is 1. The molecule has 0 aliphatic heterocycles. The number of benzene rings is 1. The molecule has 3 heteroatoms. The Labute approximate surface area is 128 Å². The first-order valence-electron chi connectivity index (χ1n) is 8.33. The minimum atomic E-state index is -0.819. The zero-order valence-corrected chi connectivity index (χ0v) is 13.1. The van der Waals surface area contributed by atoms with Crippen LogP contribution in [0.3, 0.4) is 0 Å². The van der Waals surface area contributed by atoms with Crippen LogP contribution in [0.2, 0.25) is 0 Å². The predicted molar refractivity (Wildman–Crippen MR) is 87.0 cm³/mol. The molecule has 1 aliphatic rings. The first kappa shape index (κ1) is 15.9. The molecule has 21 heavy (non-hydrogen) atoms. The molecule has 1 N–H and O–H groups in total. The number of carboxylic acid groups (broad SMARTS) is 1. The fourth-order valence-corrected chi connectivity index (χ4v) is 3.22. The molecule has 0 radical (unpaired) electrons. The van der Waals surface area contributed by atoms with Gasteiger partial charge in [0.25, 0.3) is 0 Å². The van der Waals surface area contributed by atoms with Gasteiger partial charge in [-0.3, -0.25) is 4.90 Å². The molecular formula is C18H27NO2. The van der Waals surface area contributed by atoms with Gasteiger partial charge in [0.1, 0.15) is 0 Å². The van der Waals surface area contributed by atoms with Crippen molar-refractivity contribution in [2.24, 2.45) is 0 Å². The molecule has 1 fully saturated rings. The lowest BCUT2D eigenvalue weighted by Crippen LogP contribution is -2.40. The van der Waals surface area contributed by atoms with Crippen LogP contribution < -0.4 is 4.90 Å². The van der Waals surface area contributed by atoms with E-state index in [1.807, 2.05) is 12.1 Å². The minimum Gasteiger partial charge on any atom is -0.465 e. The third-order valence-electron chi connectivity index (χ3n) is 4.43. The summed E-state index contributed by atoms with van der Waals surface area (Å²) in [6.45, 7) is 2.21.